The number of halogens is 1. The van der Waals surface area contributed by atoms with Crippen LogP contribution in [0.3, 0.4) is 0 Å². The fourth-order valence-corrected chi connectivity index (χ4v) is 2.08. The Morgan fingerprint density at radius 2 is 2.05 bits per heavy atom. The molecule has 2 rings (SSSR count). The molecular formula is C11H8IN3O4. The van der Waals surface area contributed by atoms with Gasteiger partial charge in [0.25, 0.3) is 11.6 Å². The highest BCUT2D eigenvalue weighted by atomic mass is 127. The highest BCUT2D eigenvalue weighted by Gasteiger charge is 2.18. The first kappa shape index (κ1) is 13.5. The van der Waals surface area contributed by atoms with Crippen molar-refractivity contribution in [2.75, 3.05) is 0 Å². The molecule has 19 heavy (non-hydrogen) atoms. The number of nitro benzene ring substituents is 1. The van der Waals surface area contributed by atoms with Crippen molar-refractivity contribution in [3.8, 4) is 0 Å². The Hall–Kier alpha value is -1.97. The summed E-state index contributed by atoms with van der Waals surface area (Å²) in [5.41, 5.74) is -0.554. The first-order chi connectivity index (χ1) is 8.91. The highest BCUT2D eigenvalue weighted by molar-refractivity contribution is 14.1. The van der Waals surface area contributed by atoms with Gasteiger partial charge in [-0.2, -0.15) is 0 Å². The third kappa shape index (κ3) is 2.43. The smallest absolute Gasteiger partial charge is 0.302 e. The van der Waals surface area contributed by atoms with E-state index in [1.807, 2.05) is 22.6 Å². The number of aryl methyl sites for hydroxylation is 1. The van der Waals surface area contributed by atoms with Crippen LogP contribution in [-0.4, -0.2) is 20.0 Å². The molecule has 1 aromatic carbocycles. The van der Waals surface area contributed by atoms with Gasteiger partial charge in [0.05, 0.1) is 8.49 Å². The number of rotatable bonds is 2. The average molecular weight is 373 g/mol. The number of hydrogen-bond acceptors (Lipinski definition) is 4. The second-order valence-corrected chi connectivity index (χ2v) is 4.95. The zero-order valence-corrected chi connectivity index (χ0v) is 11.9. The minimum absolute atomic E-state index is 0.0976. The summed E-state index contributed by atoms with van der Waals surface area (Å²) >= 11 is 1.82. The fourth-order valence-electron chi connectivity index (χ4n) is 1.54. The Morgan fingerprint density at radius 3 is 2.58 bits per heavy atom. The molecule has 0 fully saturated rings. The van der Waals surface area contributed by atoms with E-state index in [0.29, 0.717) is 3.57 Å². The van der Waals surface area contributed by atoms with Gasteiger partial charge in [0.15, 0.2) is 0 Å². The van der Waals surface area contributed by atoms with Crippen molar-refractivity contribution >= 4 is 34.2 Å². The molecule has 7 nitrogen and oxygen atoms in total. The molecule has 0 saturated heterocycles. The zero-order valence-electron chi connectivity index (χ0n) is 9.74. The molecular weight excluding hydrogens is 365 g/mol. The normalized spacial score (nSPS) is 10.4. The summed E-state index contributed by atoms with van der Waals surface area (Å²) in [6.07, 6.45) is 2.77. The summed E-state index contributed by atoms with van der Waals surface area (Å²) in [4.78, 5) is 34.0. The first-order valence-corrected chi connectivity index (χ1v) is 6.22. The van der Waals surface area contributed by atoms with Crippen LogP contribution in [0.5, 0.6) is 0 Å². The van der Waals surface area contributed by atoms with Gasteiger partial charge in [0.1, 0.15) is 0 Å². The van der Waals surface area contributed by atoms with Crippen molar-refractivity contribution in [1.82, 2.24) is 9.13 Å². The number of nitro groups is 1. The van der Waals surface area contributed by atoms with Crippen molar-refractivity contribution in [2.24, 2.45) is 7.05 Å². The van der Waals surface area contributed by atoms with Crippen LogP contribution in [0.25, 0.3) is 0 Å². The highest BCUT2D eigenvalue weighted by Crippen LogP contribution is 2.22. The lowest BCUT2D eigenvalue weighted by molar-refractivity contribution is -0.385. The Labute approximate surface area is 120 Å². The Bertz CT molecular complexity index is 732. The summed E-state index contributed by atoms with van der Waals surface area (Å²) in [7, 11) is 1.52. The van der Waals surface area contributed by atoms with Gasteiger partial charge in [-0.15, -0.1) is 0 Å². The van der Waals surface area contributed by atoms with Gasteiger partial charge in [0, 0.05) is 31.1 Å². The standard InChI is InChI=1S/C11H8IN3O4/c1-13-4-5-14(11(13)17)10(16)7-2-3-8(12)9(6-7)15(18)19/h2-6H,1H3. The lowest BCUT2D eigenvalue weighted by Gasteiger charge is -2.02. The monoisotopic (exact) mass is 373 g/mol. The SMILES string of the molecule is Cn1ccn(C(=O)c2ccc(I)c([N+](=O)[O-])c2)c1=O. The number of carbonyl (C=O) groups is 1. The van der Waals surface area contributed by atoms with Gasteiger partial charge in [-0.25, -0.2) is 9.36 Å². The molecule has 0 aliphatic rings. The molecule has 0 aliphatic carbocycles. The van der Waals surface area contributed by atoms with Crippen LogP contribution in [0.2, 0.25) is 0 Å². The van der Waals surface area contributed by atoms with Crippen molar-refractivity contribution in [2.45, 2.75) is 0 Å². The van der Waals surface area contributed by atoms with Crippen LogP contribution in [0.4, 0.5) is 5.69 Å². The summed E-state index contributed by atoms with van der Waals surface area (Å²) in [5.74, 6) is -0.592. The lowest BCUT2D eigenvalue weighted by Crippen LogP contribution is -2.27. The Balaban J connectivity index is 2.51. The molecule has 0 atom stereocenters. The maximum Gasteiger partial charge on any atom is 0.334 e. The zero-order chi connectivity index (χ0) is 14.2. The number of nitrogens with zero attached hydrogens (tertiary/aromatic N) is 3. The van der Waals surface area contributed by atoms with Crippen LogP contribution < -0.4 is 5.69 Å². The van der Waals surface area contributed by atoms with Crippen LogP contribution in [0.1, 0.15) is 10.4 Å². The van der Waals surface area contributed by atoms with Gasteiger partial charge in [-0.1, -0.05) is 0 Å². The van der Waals surface area contributed by atoms with Gasteiger partial charge in [-0.3, -0.25) is 14.9 Å². The Morgan fingerprint density at radius 1 is 1.37 bits per heavy atom. The fraction of sp³-hybridized carbons (Fsp3) is 0.0909. The molecule has 0 aliphatic heterocycles. The second kappa shape index (κ2) is 4.96. The number of carbonyl (C=O) groups excluding carboxylic acids is 1. The molecule has 0 unspecified atom stereocenters. The van der Waals surface area contributed by atoms with Crippen LogP contribution in [-0.2, 0) is 7.05 Å². The van der Waals surface area contributed by atoms with Crippen molar-refractivity contribution < 1.29 is 9.72 Å². The van der Waals surface area contributed by atoms with E-state index in [9.17, 15) is 19.7 Å². The van der Waals surface area contributed by atoms with Gasteiger partial charge >= 0.3 is 5.69 Å². The van der Waals surface area contributed by atoms with Gasteiger partial charge in [0.2, 0.25) is 0 Å². The maximum atomic E-state index is 12.1. The predicted octanol–water partition coefficient (Wildman–Crippen LogP) is 1.39. The predicted molar refractivity (Wildman–Crippen MR) is 75.2 cm³/mol. The molecule has 0 N–H and O–H groups in total. The van der Waals surface area contributed by atoms with E-state index < -0.39 is 16.5 Å². The summed E-state index contributed by atoms with van der Waals surface area (Å²) < 4.78 is 2.59. The number of hydrogen-bond donors (Lipinski definition) is 0. The van der Waals surface area contributed by atoms with Crippen molar-refractivity contribution in [3.05, 3.63) is 60.3 Å². The quantitative estimate of drug-likeness (QED) is 0.452. The average Bonchev–Trinajstić information content (AvgIpc) is 2.69. The van der Waals surface area contributed by atoms with Crippen LogP contribution in [0.15, 0.2) is 35.4 Å². The van der Waals surface area contributed by atoms with Gasteiger partial charge in [-0.05, 0) is 34.7 Å². The summed E-state index contributed by atoms with van der Waals surface area (Å²) in [6.45, 7) is 0. The number of imidazole rings is 1. The van der Waals surface area contributed by atoms with E-state index >= 15 is 0 Å². The molecule has 0 bridgehead atoms. The first-order valence-electron chi connectivity index (χ1n) is 5.14. The topological polar surface area (TPSA) is 87.1 Å². The third-order valence-corrected chi connectivity index (χ3v) is 3.47. The molecule has 98 valence electrons. The maximum absolute atomic E-state index is 12.1. The molecule has 0 saturated carbocycles. The second-order valence-electron chi connectivity index (χ2n) is 3.79. The van der Waals surface area contributed by atoms with E-state index in [4.69, 9.17) is 0 Å². The molecule has 8 heteroatoms. The van der Waals surface area contributed by atoms with E-state index in [1.165, 1.54) is 42.2 Å². The molecule has 2 aromatic rings. The Kier molecular flexibility index (Phi) is 3.51. The molecule has 1 heterocycles. The molecule has 0 amide bonds. The molecule has 1 aromatic heterocycles. The third-order valence-electron chi connectivity index (χ3n) is 2.56. The summed E-state index contributed by atoms with van der Waals surface area (Å²) in [5, 5.41) is 10.8. The van der Waals surface area contributed by atoms with E-state index in [0.717, 1.165) is 4.57 Å². The minimum Gasteiger partial charge on any atom is -0.302 e. The van der Waals surface area contributed by atoms with E-state index in [2.05, 4.69) is 0 Å². The van der Waals surface area contributed by atoms with Gasteiger partial charge < -0.3 is 4.57 Å². The van der Waals surface area contributed by atoms with Crippen LogP contribution in [0, 0.1) is 13.7 Å². The number of aromatic nitrogens is 2. The van der Waals surface area contributed by atoms with Crippen LogP contribution >= 0.6 is 22.6 Å². The minimum atomic E-state index is -0.592. The lowest BCUT2D eigenvalue weighted by atomic mass is 10.2. The summed E-state index contributed by atoms with van der Waals surface area (Å²) in [6, 6.07) is 4.10. The van der Waals surface area contributed by atoms with Crippen molar-refractivity contribution in [3.63, 3.8) is 0 Å². The van der Waals surface area contributed by atoms with Crippen molar-refractivity contribution in [1.29, 1.82) is 0 Å². The van der Waals surface area contributed by atoms with E-state index in [-0.39, 0.29) is 11.3 Å². The molecule has 0 radical (unpaired) electrons. The number of benzene rings is 1. The van der Waals surface area contributed by atoms with E-state index in [1.54, 1.807) is 0 Å². The largest absolute Gasteiger partial charge is 0.334 e. The molecule has 0 spiro atoms.